The summed E-state index contributed by atoms with van der Waals surface area (Å²) in [5.74, 6) is 0.675. The second-order valence-electron chi connectivity index (χ2n) is 6.76. The number of carbonyl (C=O) groups excluding carboxylic acids is 1. The molecule has 0 N–H and O–H groups in total. The second-order valence-corrected chi connectivity index (χ2v) is 6.76. The van der Waals surface area contributed by atoms with E-state index in [-0.39, 0.29) is 17.4 Å². The molecule has 1 aromatic carbocycles. The van der Waals surface area contributed by atoms with Crippen LogP contribution in [0.15, 0.2) is 30.3 Å². The highest BCUT2D eigenvalue weighted by Crippen LogP contribution is 2.43. The predicted molar refractivity (Wildman–Crippen MR) is 79.1 cm³/mol. The fraction of sp³-hybridized carbons (Fsp3) is 0.588. The maximum absolute atomic E-state index is 12.8. The summed E-state index contributed by atoms with van der Waals surface area (Å²) >= 11 is 0. The van der Waals surface area contributed by atoms with Crippen LogP contribution >= 0.6 is 0 Å². The zero-order valence-corrected chi connectivity index (χ0v) is 12.7. The van der Waals surface area contributed by atoms with Crippen LogP contribution < -0.4 is 0 Å². The molecule has 19 heavy (non-hydrogen) atoms. The molecule has 1 aromatic rings. The van der Waals surface area contributed by atoms with Crippen molar-refractivity contribution < 1.29 is 4.79 Å². The number of amides is 1. The van der Waals surface area contributed by atoms with Crippen molar-refractivity contribution in [3.8, 4) is 0 Å². The Kier molecular flexibility index (Phi) is 3.71. The van der Waals surface area contributed by atoms with Crippen LogP contribution in [0.25, 0.3) is 0 Å². The van der Waals surface area contributed by atoms with Gasteiger partial charge in [-0.2, -0.15) is 0 Å². The molecule has 0 radical (unpaired) electrons. The van der Waals surface area contributed by atoms with Gasteiger partial charge < -0.3 is 4.90 Å². The van der Waals surface area contributed by atoms with E-state index >= 15 is 0 Å². The van der Waals surface area contributed by atoms with Gasteiger partial charge in [-0.3, -0.25) is 4.79 Å². The summed E-state index contributed by atoms with van der Waals surface area (Å²) in [4.78, 5) is 14.9. The predicted octanol–water partition coefficient (Wildman–Crippen LogP) is 3.97. The molecule has 1 heterocycles. The van der Waals surface area contributed by atoms with Crippen molar-refractivity contribution in [1.82, 2.24) is 4.90 Å². The molecule has 104 valence electrons. The van der Waals surface area contributed by atoms with E-state index in [0.717, 1.165) is 12.0 Å². The Labute approximate surface area is 116 Å². The molecule has 1 aliphatic rings. The van der Waals surface area contributed by atoms with Crippen LogP contribution in [-0.2, 0) is 0 Å². The Hall–Kier alpha value is -1.31. The molecule has 0 aliphatic carbocycles. The molecule has 0 unspecified atom stereocenters. The van der Waals surface area contributed by atoms with Gasteiger partial charge >= 0.3 is 0 Å². The molecule has 1 saturated heterocycles. The van der Waals surface area contributed by atoms with E-state index in [1.54, 1.807) is 0 Å². The van der Waals surface area contributed by atoms with Crippen LogP contribution in [0.2, 0.25) is 0 Å². The SMILES string of the molecule is CC(C)[C@@H]1CC(C)(C)[C@H](C)N1C(=O)c1ccccc1. The zero-order chi connectivity index (χ0) is 14.2. The number of hydrogen-bond donors (Lipinski definition) is 0. The van der Waals surface area contributed by atoms with Crippen molar-refractivity contribution in [2.45, 2.75) is 53.1 Å². The second kappa shape index (κ2) is 4.99. The molecule has 1 fully saturated rings. The minimum Gasteiger partial charge on any atom is -0.332 e. The van der Waals surface area contributed by atoms with Crippen molar-refractivity contribution in [3.05, 3.63) is 35.9 Å². The number of carbonyl (C=O) groups is 1. The van der Waals surface area contributed by atoms with Crippen molar-refractivity contribution in [3.63, 3.8) is 0 Å². The van der Waals surface area contributed by atoms with Crippen molar-refractivity contribution in [2.24, 2.45) is 11.3 Å². The molecule has 1 aliphatic heterocycles. The Morgan fingerprint density at radius 1 is 1.26 bits per heavy atom. The minimum atomic E-state index is 0.178. The van der Waals surface area contributed by atoms with E-state index < -0.39 is 0 Å². The molecule has 2 heteroatoms. The van der Waals surface area contributed by atoms with E-state index in [9.17, 15) is 4.79 Å². The average Bonchev–Trinajstić information content (AvgIpc) is 2.61. The summed E-state index contributed by atoms with van der Waals surface area (Å²) in [6.07, 6.45) is 1.09. The molecule has 0 saturated carbocycles. The van der Waals surface area contributed by atoms with Crippen LogP contribution in [-0.4, -0.2) is 22.9 Å². The van der Waals surface area contributed by atoms with Crippen molar-refractivity contribution >= 4 is 5.91 Å². The third-order valence-corrected chi connectivity index (χ3v) is 4.67. The average molecular weight is 259 g/mol. The van der Waals surface area contributed by atoms with Crippen molar-refractivity contribution in [2.75, 3.05) is 0 Å². The topological polar surface area (TPSA) is 20.3 Å². The molecular formula is C17H25NO. The Balaban J connectivity index is 2.33. The van der Waals surface area contributed by atoms with Gasteiger partial charge in [0, 0.05) is 17.6 Å². The number of rotatable bonds is 2. The lowest BCUT2D eigenvalue weighted by molar-refractivity contribution is 0.0606. The van der Waals surface area contributed by atoms with Crippen LogP contribution in [0.4, 0.5) is 0 Å². The number of nitrogens with zero attached hydrogens (tertiary/aromatic N) is 1. The smallest absolute Gasteiger partial charge is 0.254 e. The summed E-state index contributed by atoms with van der Waals surface area (Å²) in [7, 11) is 0. The lowest BCUT2D eigenvalue weighted by Gasteiger charge is -2.33. The molecule has 2 nitrogen and oxygen atoms in total. The Morgan fingerprint density at radius 3 is 2.37 bits per heavy atom. The maximum Gasteiger partial charge on any atom is 0.254 e. The van der Waals surface area contributed by atoms with Gasteiger partial charge in [-0.15, -0.1) is 0 Å². The fourth-order valence-corrected chi connectivity index (χ4v) is 3.08. The third kappa shape index (κ3) is 2.54. The maximum atomic E-state index is 12.8. The highest BCUT2D eigenvalue weighted by atomic mass is 16.2. The lowest BCUT2D eigenvalue weighted by atomic mass is 9.83. The lowest BCUT2D eigenvalue weighted by Crippen LogP contribution is -2.44. The normalized spacial score (nSPS) is 25.9. The zero-order valence-electron chi connectivity index (χ0n) is 12.7. The van der Waals surface area contributed by atoms with E-state index in [2.05, 4.69) is 39.5 Å². The first-order valence-corrected chi connectivity index (χ1v) is 7.22. The van der Waals surface area contributed by atoms with Crippen LogP contribution in [0, 0.1) is 11.3 Å². The van der Waals surface area contributed by atoms with Crippen LogP contribution in [0.1, 0.15) is 51.4 Å². The number of likely N-dealkylation sites (tertiary alicyclic amines) is 1. The summed E-state index contributed by atoms with van der Waals surface area (Å²) in [5.41, 5.74) is 0.997. The van der Waals surface area contributed by atoms with Crippen LogP contribution in [0.3, 0.4) is 0 Å². The molecule has 0 bridgehead atoms. The van der Waals surface area contributed by atoms with Gasteiger partial charge in [-0.25, -0.2) is 0 Å². The first-order chi connectivity index (χ1) is 8.84. The first-order valence-electron chi connectivity index (χ1n) is 7.22. The van der Waals surface area contributed by atoms with Gasteiger partial charge in [0.25, 0.3) is 5.91 Å². The third-order valence-electron chi connectivity index (χ3n) is 4.67. The van der Waals surface area contributed by atoms with E-state index in [1.165, 1.54) is 0 Å². The Morgan fingerprint density at radius 2 is 1.84 bits per heavy atom. The summed E-state index contributed by atoms with van der Waals surface area (Å²) < 4.78 is 0. The molecule has 0 aromatic heterocycles. The van der Waals surface area contributed by atoms with Crippen LogP contribution in [0.5, 0.6) is 0 Å². The summed E-state index contributed by atoms with van der Waals surface area (Å²) in [6.45, 7) is 11.1. The standard InChI is InChI=1S/C17H25NO/c1-12(2)15-11-17(4,5)13(3)18(15)16(19)14-9-7-6-8-10-14/h6-10,12-13,15H,11H2,1-5H3/t13-,15-/m0/s1. The van der Waals surface area contributed by atoms with Gasteiger partial charge in [0.2, 0.25) is 0 Å². The highest BCUT2D eigenvalue weighted by molar-refractivity contribution is 5.94. The van der Waals surface area contributed by atoms with E-state index in [1.807, 2.05) is 30.3 Å². The highest BCUT2D eigenvalue weighted by Gasteiger charge is 2.47. The fourth-order valence-electron chi connectivity index (χ4n) is 3.08. The molecule has 2 rings (SSSR count). The number of hydrogen-bond acceptors (Lipinski definition) is 1. The van der Waals surface area contributed by atoms with Gasteiger partial charge in [-0.1, -0.05) is 45.9 Å². The van der Waals surface area contributed by atoms with Gasteiger partial charge in [-0.05, 0) is 36.8 Å². The molecule has 0 spiro atoms. The summed E-state index contributed by atoms with van der Waals surface area (Å²) in [6, 6.07) is 10.3. The van der Waals surface area contributed by atoms with Gasteiger partial charge in [0.1, 0.15) is 0 Å². The van der Waals surface area contributed by atoms with Gasteiger partial charge in [0.15, 0.2) is 0 Å². The quantitative estimate of drug-likeness (QED) is 0.787. The van der Waals surface area contributed by atoms with E-state index in [0.29, 0.717) is 12.0 Å². The Bertz CT molecular complexity index is 450. The molecule has 1 amide bonds. The number of benzene rings is 1. The van der Waals surface area contributed by atoms with E-state index in [4.69, 9.17) is 0 Å². The monoisotopic (exact) mass is 259 g/mol. The first kappa shape index (κ1) is 14.1. The molecular weight excluding hydrogens is 234 g/mol. The minimum absolute atomic E-state index is 0.178. The summed E-state index contributed by atoms with van der Waals surface area (Å²) in [5, 5.41) is 0. The van der Waals surface area contributed by atoms with Gasteiger partial charge in [0.05, 0.1) is 0 Å². The molecule has 2 atom stereocenters. The van der Waals surface area contributed by atoms with Crippen molar-refractivity contribution in [1.29, 1.82) is 0 Å². The largest absolute Gasteiger partial charge is 0.332 e.